The van der Waals surface area contributed by atoms with Gasteiger partial charge in [0.1, 0.15) is 13.2 Å². The van der Waals surface area contributed by atoms with Crippen molar-refractivity contribution in [2.24, 2.45) is 5.41 Å². The summed E-state index contributed by atoms with van der Waals surface area (Å²) in [6.07, 6.45) is 1.78. The molecule has 0 saturated carbocycles. The molecule has 1 aliphatic heterocycles. The number of hydrogen-bond acceptors (Lipinski definition) is 4. The molecule has 2 aromatic carbocycles. The molecule has 1 aromatic heterocycles. The summed E-state index contributed by atoms with van der Waals surface area (Å²) in [5.41, 5.74) is 0.905. The van der Waals surface area contributed by atoms with Gasteiger partial charge in [0.25, 0.3) is 11.5 Å². The van der Waals surface area contributed by atoms with Crippen LogP contribution >= 0.6 is 0 Å². The fourth-order valence-electron chi connectivity index (χ4n) is 3.50. The lowest BCUT2D eigenvalue weighted by Gasteiger charge is -2.21. The van der Waals surface area contributed by atoms with E-state index in [1.165, 1.54) is 0 Å². The van der Waals surface area contributed by atoms with Gasteiger partial charge in [0.15, 0.2) is 11.5 Å². The van der Waals surface area contributed by atoms with Crippen molar-refractivity contribution in [2.75, 3.05) is 18.5 Å². The van der Waals surface area contributed by atoms with Crippen molar-refractivity contribution in [3.63, 3.8) is 0 Å². The minimum absolute atomic E-state index is 0.0161. The summed E-state index contributed by atoms with van der Waals surface area (Å²) in [6.45, 7) is 7.75. The average molecular weight is 392 g/mol. The quantitative estimate of drug-likeness (QED) is 0.729. The van der Waals surface area contributed by atoms with E-state index in [0.717, 1.165) is 0 Å². The van der Waals surface area contributed by atoms with Gasteiger partial charge < -0.3 is 19.4 Å². The molecule has 1 amide bonds. The number of pyridine rings is 1. The summed E-state index contributed by atoms with van der Waals surface area (Å²) in [4.78, 5) is 25.9. The molecule has 0 aliphatic carbocycles. The van der Waals surface area contributed by atoms with E-state index in [-0.39, 0.29) is 16.9 Å². The minimum Gasteiger partial charge on any atom is -0.486 e. The van der Waals surface area contributed by atoms with Crippen molar-refractivity contribution in [3.8, 4) is 11.5 Å². The summed E-state index contributed by atoms with van der Waals surface area (Å²) >= 11 is 0. The fourth-order valence-corrected chi connectivity index (χ4v) is 3.50. The lowest BCUT2D eigenvalue weighted by Crippen LogP contribution is -2.26. The van der Waals surface area contributed by atoms with Crippen molar-refractivity contribution >= 4 is 22.4 Å². The summed E-state index contributed by atoms with van der Waals surface area (Å²) in [5, 5.41) is 4.20. The molecular weight excluding hydrogens is 368 g/mol. The Labute approximate surface area is 169 Å². The molecule has 1 aliphatic rings. The summed E-state index contributed by atoms with van der Waals surface area (Å²) < 4.78 is 12.9. The zero-order chi connectivity index (χ0) is 20.6. The second kappa shape index (κ2) is 7.28. The molecule has 3 aromatic rings. The maximum Gasteiger partial charge on any atom is 0.259 e. The Bertz CT molecular complexity index is 1140. The van der Waals surface area contributed by atoms with E-state index in [1.54, 1.807) is 47.2 Å². The number of rotatable bonds is 3. The van der Waals surface area contributed by atoms with Crippen molar-refractivity contribution in [1.29, 1.82) is 0 Å². The average Bonchev–Trinajstić information content (AvgIpc) is 2.69. The van der Waals surface area contributed by atoms with Crippen LogP contribution in [0.5, 0.6) is 11.5 Å². The van der Waals surface area contributed by atoms with Crippen LogP contribution in [0.4, 0.5) is 5.69 Å². The Morgan fingerprint density at radius 3 is 2.59 bits per heavy atom. The predicted molar refractivity (Wildman–Crippen MR) is 113 cm³/mol. The minimum atomic E-state index is -0.307. The predicted octanol–water partition coefficient (Wildman–Crippen LogP) is 4.07. The van der Waals surface area contributed by atoms with Gasteiger partial charge in [-0.1, -0.05) is 32.9 Å². The van der Waals surface area contributed by atoms with Gasteiger partial charge in [-0.3, -0.25) is 9.59 Å². The van der Waals surface area contributed by atoms with Crippen molar-refractivity contribution in [2.45, 2.75) is 27.3 Å². The highest BCUT2D eigenvalue weighted by Crippen LogP contribution is 2.34. The molecule has 0 spiro atoms. The van der Waals surface area contributed by atoms with Crippen LogP contribution in [0.2, 0.25) is 0 Å². The highest BCUT2D eigenvalue weighted by Gasteiger charge is 2.21. The van der Waals surface area contributed by atoms with Gasteiger partial charge in [0, 0.05) is 29.2 Å². The number of fused-ring (bicyclic) bond motifs is 2. The first-order valence-electron chi connectivity index (χ1n) is 9.66. The Balaban J connectivity index is 1.70. The molecule has 2 heterocycles. The van der Waals surface area contributed by atoms with Crippen molar-refractivity contribution < 1.29 is 14.3 Å². The number of anilines is 1. The highest BCUT2D eigenvalue weighted by molar-refractivity contribution is 6.10. The van der Waals surface area contributed by atoms with Crippen LogP contribution in [0.25, 0.3) is 10.8 Å². The van der Waals surface area contributed by atoms with Gasteiger partial charge >= 0.3 is 0 Å². The number of carbonyl (C=O) groups is 1. The molecule has 0 unspecified atom stereocenters. The third kappa shape index (κ3) is 3.83. The Kier molecular flexibility index (Phi) is 4.78. The summed E-state index contributed by atoms with van der Waals surface area (Å²) in [7, 11) is 0. The summed E-state index contributed by atoms with van der Waals surface area (Å²) in [6, 6.07) is 12.5. The van der Waals surface area contributed by atoms with E-state index in [1.807, 2.05) is 6.07 Å². The van der Waals surface area contributed by atoms with Gasteiger partial charge in [-0.2, -0.15) is 0 Å². The van der Waals surface area contributed by atoms with Crippen LogP contribution in [0.1, 0.15) is 31.1 Å². The van der Waals surface area contributed by atoms with Gasteiger partial charge in [0.2, 0.25) is 0 Å². The molecule has 29 heavy (non-hydrogen) atoms. The molecule has 0 atom stereocenters. The Hall–Kier alpha value is -3.28. The van der Waals surface area contributed by atoms with Crippen LogP contribution in [0, 0.1) is 5.41 Å². The molecule has 150 valence electrons. The maximum absolute atomic E-state index is 12.9. The molecule has 0 radical (unpaired) electrons. The second-order valence-electron chi connectivity index (χ2n) is 8.36. The van der Waals surface area contributed by atoms with Crippen LogP contribution in [-0.4, -0.2) is 23.7 Å². The monoisotopic (exact) mass is 392 g/mol. The first-order chi connectivity index (χ1) is 13.8. The molecule has 0 saturated heterocycles. The third-order valence-corrected chi connectivity index (χ3v) is 4.72. The second-order valence-corrected chi connectivity index (χ2v) is 8.36. The highest BCUT2D eigenvalue weighted by atomic mass is 16.6. The number of hydrogen-bond donors (Lipinski definition) is 1. The Morgan fingerprint density at radius 2 is 1.79 bits per heavy atom. The van der Waals surface area contributed by atoms with Crippen molar-refractivity contribution in [1.82, 2.24) is 4.57 Å². The SMILES string of the molecule is CC(C)(C)Cn1ccc2c(NC(=O)c3cccc4c3OCCO4)cccc2c1=O. The molecule has 6 heteroatoms. The van der Waals surface area contributed by atoms with Crippen molar-refractivity contribution in [3.05, 3.63) is 64.6 Å². The number of ether oxygens (including phenoxy) is 2. The standard InChI is InChI=1S/C23H24N2O4/c1-23(2,3)14-25-11-10-15-16(22(25)27)6-4-8-18(15)24-21(26)17-7-5-9-19-20(17)29-13-12-28-19/h4-11H,12-14H2,1-3H3,(H,24,26). The van der Waals surface area contributed by atoms with Gasteiger partial charge in [-0.15, -0.1) is 0 Å². The van der Waals surface area contributed by atoms with E-state index in [2.05, 4.69) is 26.1 Å². The van der Waals surface area contributed by atoms with Gasteiger partial charge in [-0.25, -0.2) is 0 Å². The molecule has 1 N–H and O–H groups in total. The zero-order valence-electron chi connectivity index (χ0n) is 16.8. The lowest BCUT2D eigenvalue weighted by atomic mass is 9.96. The van der Waals surface area contributed by atoms with Crippen LogP contribution < -0.4 is 20.3 Å². The molecule has 0 bridgehead atoms. The van der Waals surface area contributed by atoms with Gasteiger partial charge in [-0.05, 0) is 35.7 Å². The Morgan fingerprint density at radius 1 is 1.03 bits per heavy atom. The first-order valence-corrected chi connectivity index (χ1v) is 9.66. The zero-order valence-corrected chi connectivity index (χ0v) is 16.8. The maximum atomic E-state index is 12.9. The molecule has 0 fully saturated rings. The number of para-hydroxylation sites is 1. The van der Waals surface area contributed by atoms with E-state index < -0.39 is 0 Å². The van der Waals surface area contributed by atoms with Crippen LogP contribution in [0.3, 0.4) is 0 Å². The van der Waals surface area contributed by atoms with E-state index in [9.17, 15) is 9.59 Å². The first kappa shape index (κ1) is 19.1. The van der Waals surface area contributed by atoms with E-state index in [0.29, 0.717) is 53.3 Å². The molecule has 4 rings (SSSR count). The number of aromatic nitrogens is 1. The van der Waals surface area contributed by atoms with Gasteiger partial charge in [0.05, 0.1) is 5.56 Å². The van der Waals surface area contributed by atoms with Crippen LogP contribution in [-0.2, 0) is 6.54 Å². The normalized spacial score (nSPS) is 13.3. The number of amides is 1. The summed E-state index contributed by atoms with van der Waals surface area (Å²) in [5.74, 6) is 0.703. The fraction of sp³-hybridized carbons (Fsp3) is 0.304. The number of carbonyl (C=O) groups excluding carboxylic acids is 1. The number of nitrogens with zero attached hydrogens (tertiary/aromatic N) is 1. The topological polar surface area (TPSA) is 69.6 Å². The molecule has 6 nitrogen and oxygen atoms in total. The lowest BCUT2D eigenvalue weighted by molar-refractivity contribution is 0.101. The van der Waals surface area contributed by atoms with E-state index in [4.69, 9.17) is 9.47 Å². The molecular formula is C23H24N2O4. The van der Waals surface area contributed by atoms with Crippen LogP contribution in [0.15, 0.2) is 53.5 Å². The number of nitrogens with one attached hydrogen (secondary N) is 1. The van der Waals surface area contributed by atoms with E-state index >= 15 is 0 Å². The third-order valence-electron chi connectivity index (χ3n) is 4.72. The smallest absolute Gasteiger partial charge is 0.259 e. The largest absolute Gasteiger partial charge is 0.486 e. The number of benzene rings is 2.